The Morgan fingerprint density at radius 1 is 1.04 bits per heavy atom. The van der Waals surface area contributed by atoms with Crippen molar-refractivity contribution in [2.45, 2.75) is 44.3 Å². The number of rotatable bonds is 8. The molecule has 3 rings (SSSR count). The van der Waals surface area contributed by atoms with Crippen LogP contribution in [0.2, 0.25) is 0 Å². The number of hydrogen-bond donors (Lipinski definition) is 0. The Labute approximate surface area is 170 Å². The van der Waals surface area contributed by atoms with Crippen molar-refractivity contribution in [3.63, 3.8) is 0 Å². The first-order valence-electron chi connectivity index (χ1n) is 9.62. The van der Waals surface area contributed by atoms with Crippen LogP contribution in [-0.4, -0.2) is 37.4 Å². The van der Waals surface area contributed by atoms with E-state index in [4.69, 9.17) is 0 Å². The van der Waals surface area contributed by atoms with Gasteiger partial charge in [0.1, 0.15) is 0 Å². The highest BCUT2D eigenvalue weighted by Gasteiger charge is 2.24. The lowest BCUT2D eigenvalue weighted by atomic mass is 10.2. The highest BCUT2D eigenvalue weighted by molar-refractivity contribution is 8.00. The van der Waals surface area contributed by atoms with Gasteiger partial charge in [0.2, 0.25) is 5.91 Å². The first kappa shape index (κ1) is 20.1. The van der Waals surface area contributed by atoms with Crippen LogP contribution in [0.1, 0.15) is 26.3 Å². The van der Waals surface area contributed by atoms with Crippen LogP contribution in [0.3, 0.4) is 0 Å². The lowest BCUT2D eigenvalue weighted by molar-refractivity contribution is -0.130. The Morgan fingerprint density at radius 2 is 1.68 bits per heavy atom. The summed E-state index contributed by atoms with van der Waals surface area (Å²) in [5, 5.41) is 9.27. The molecule has 1 heterocycles. The van der Waals surface area contributed by atoms with Crippen molar-refractivity contribution in [1.82, 2.24) is 19.7 Å². The molecule has 0 bridgehead atoms. The molecule has 0 spiro atoms. The van der Waals surface area contributed by atoms with Crippen molar-refractivity contribution >= 4 is 17.7 Å². The Kier molecular flexibility index (Phi) is 6.87. The van der Waals surface area contributed by atoms with Crippen LogP contribution in [0, 0.1) is 0 Å². The van der Waals surface area contributed by atoms with E-state index in [-0.39, 0.29) is 11.2 Å². The van der Waals surface area contributed by atoms with E-state index < -0.39 is 0 Å². The van der Waals surface area contributed by atoms with E-state index in [1.165, 1.54) is 11.8 Å². The second-order valence-electron chi connectivity index (χ2n) is 6.51. The van der Waals surface area contributed by atoms with E-state index in [9.17, 15) is 4.79 Å². The van der Waals surface area contributed by atoms with E-state index in [0.717, 1.165) is 28.7 Å². The molecule has 1 unspecified atom stereocenters. The largest absolute Gasteiger partial charge is 0.338 e. The maximum absolute atomic E-state index is 13.0. The third-order valence-electron chi connectivity index (χ3n) is 4.60. The van der Waals surface area contributed by atoms with Crippen molar-refractivity contribution in [2.24, 2.45) is 0 Å². The minimum absolute atomic E-state index is 0.114. The first-order valence-corrected chi connectivity index (χ1v) is 10.5. The van der Waals surface area contributed by atoms with Crippen molar-refractivity contribution in [3.05, 3.63) is 66.2 Å². The molecule has 0 aliphatic carbocycles. The van der Waals surface area contributed by atoms with Crippen LogP contribution < -0.4 is 0 Å². The van der Waals surface area contributed by atoms with Crippen molar-refractivity contribution in [1.29, 1.82) is 0 Å². The second kappa shape index (κ2) is 9.55. The number of carbonyl (C=O) groups is 1. The fourth-order valence-corrected chi connectivity index (χ4v) is 4.07. The number of hydrogen-bond acceptors (Lipinski definition) is 4. The average molecular weight is 395 g/mol. The van der Waals surface area contributed by atoms with Gasteiger partial charge in [-0.3, -0.25) is 4.79 Å². The average Bonchev–Trinajstić information content (AvgIpc) is 3.15. The standard InChI is InChI=1S/C22H26N4OS/c1-4-25(16-18-12-8-6-9-13-18)21(27)17(3)28-22-24-23-20(26(22)5-2)19-14-10-7-11-15-19/h6-15,17H,4-5,16H2,1-3H3. The predicted octanol–water partition coefficient (Wildman–Crippen LogP) is 4.49. The number of aromatic nitrogens is 3. The first-order chi connectivity index (χ1) is 13.6. The van der Waals surface area contributed by atoms with E-state index in [1.807, 2.05) is 79.4 Å². The molecular formula is C22H26N4OS. The van der Waals surface area contributed by atoms with Gasteiger partial charge in [-0.15, -0.1) is 10.2 Å². The molecule has 0 saturated carbocycles. The summed E-state index contributed by atoms with van der Waals surface area (Å²) < 4.78 is 2.07. The second-order valence-corrected chi connectivity index (χ2v) is 7.82. The normalized spacial score (nSPS) is 12.0. The third-order valence-corrected chi connectivity index (χ3v) is 5.67. The lowest BCUT2D eigenvalue weighted by Gasteiger charge is -2.24. The molecule has 1 atom stereocenters. The Hall–Kier alpha value is -2.60. The zero-order valence-corrected chi connectivity index (χ0v) is 17.4. The summed E-state index contributed by atoms with van der Waals surface area (Å²) in [5.74, 6) is 0.949. The van der Waals surface area contributed by atoms with Gasteiger partial charge in [-0.25, -0.2) is 0 Å². The summed E-state index contributed by atoms with van der Waals surface area (Å²) >= 11 is 1.47. The molecule has 0 fully saturated rings. The van der Waals surface area contributed by atoms with Gasteiger partial charge in [-0.2, -0.15) is 0 Å². The Balaban J connectivity index is 1.74. The van der Waals surface area contributed by atoms with Crippen LogP contribution in [0.4, 0.5) is 0 Å². The fourth-order valence-electron chi connectivity index (χ4n) is 3.08. The van der Waals surface area contributed by atoms with Crippen molar-refractivity contribution < 1.29 is 4.79 Å². The lowest BCUT2D eigenvalue weighted by Crippen LogP contribution is -2.36. The van der Waals surface area contributed by atoms with Gasteiger partial charge in [-0.1, -0.05) is 72.4 Å². The minimum Gasteiger partial charge on any atom is -0.338 e. The van der Waals surface area contributed by atoms with E-state index in [2.05, 4.69) is 21.7 Å². The molecule has 0 radical (unpaired) electrons. The highest BCUT2D eigenvalue weighted by atomic mass is 32.2. The predicted molar refractivity (Wildman–Crippen MR) is 114 cm³/mol. The highest BCUT2D eigenvalue weighted by Crippen LogP contribution is 2.27. The van der Waals surface area contributed by atoms with E-state index in [0.29, 0.717) is 13.1 Å². The summed E-state index contributed by atoms with van der Waals surface area (Å²) in [6, 6.07) is 20.1. The van der Waals surface area contributed by atoms with Gasteiger partial charge in [-0.05, 0) is 26.3 Å². The summed E-state index contributed by atoms with van der Waals surface area (Å²) in [6.07, 6.45) is 0. The van der Waals surface area contributed by atoms with Gasteiger partial charge >= 0.3 is 0 Å². The van der Waals surface area contributed by atoms with Crippen molar-refractivity contribution in [2.75, 3.05) is 6.54 Å². The van der Waals surface area contributed by atoms with Crippen molar-refractivity contribution in [3.8, 4) is 11.4 Å². The van der Waals surface area contributed by atoms with Gasteiger partial charge in [0.05, 0.1) is 5.25 Å². The SMILES string of the molecule is CCN(Cc1ccccc1)C(=O)C(C)Sc1nnc(-c2ccccc2)n1CC. The van der Waals surface area contributed by atoms with E-state index in [1.54, 1.807) is 0 Å². The Morgan fingerprint density at radius 3 is 2.29 bits per heavy atom. The number of thioether (sulfide) groups is 1. The minimum atomic E-state index is -0.234. The molecule has 28 heavy (non-hydrogen) atoms. The van der Waals surface area contributed by atoms with Gasteiger partial charge < -0.3 is 9.47 Å². The molecule has 1 amide bonds. The fraction of sp³-hybridized carbons (Fsp3) is 0.318. The smallest absolute Gasteiger partial charge is 0.236 e. The topological polar surface area (TPSA) is 51.0 Å². The van der Waals surface area contributed by atoms with Gasteiger partial charge in [0, 0.05) is 25.2 Å². The summed E-state index contributed by atoms with van der Waals surface area (Å²) in [5.41, 5.74) is 2.17. The van der Waals surface area contributed by atoms with Crippen LogP contribution in [0.5, 0.6) is 0 Å². The molecule has 1 aromatic heterocycles. The summed E-state index contributed by atoms with van der Waals surface area (Å²) in [7, 11) is 0. The maximum Gasteiger partial charge on any atom is 0.236 e. The zero-order chi connectivity index (χ0) is 19.9. The molecular weight excluding hydrogens is 368 g/mol. The van der Waals surface area contributed by atoms with Crippen LogP contribution in [-0.2, 0) is 17.9 Å². The molecule has 0 N–H and O–H groups in total. The maximum atomic E-state index is 13.0. The van der Waals surface area contributed by atoms with Gasteiger partial charge in [0.15, 0.2) is 11.0 Å². The molecule has 3 aromatic rings. The monoisotopic (exact) mass is 394 g/mol. The van der Waals surface area contributed by atoms with E-state index >= 15 is 0 Å². The van der Waals surface area contributed by atoms with Crippen LogP contribution >= 0.6 is 11.8 Å². The van der Waals surface area contributed by atoms with Crippen LogP contribution in [0.25, 0.3) is 11.4 Å². The molecule has 5 nitrogen and oxygen atoms in total. The van der Waals surface area contributed by atoms with Crippen LogP contribution in [0.15, 0.2) is 65.8 Å². The number of nitrogens with zero attached hydrogens (tertiary/aromatic N) is 4. The molecule has 6 heteroatoms. The van der Waals surface area contributed by atoms with Gasteiger partial charge in [0.25, 0.3) is 0 Å². The number of amides is 1. The summed E-state index contributed by atoms with van der Waals surface area (Å²) in [4.78, 5) is 14.9. The third kappa shape index (κ3) is 4.62. The quantitative estimate of drug-likeness (QED) is 0.528. The molecule has 0 aliphatic rings. The number of carbonyl (C=O) groups excluding carboxylic acids is 1. The molecule has 0 aliphatic heterocycles. The Bertz CT molecular complexity index is 895. The zero-order valence-electron chi connectivity index (χ0n) is 16.6. The molecule has 146 valence electrons. The molecule has 2 aromatic carbocycles. The summed E-state index contributed by atoms with van der Waals surface area (Å²) in [6.45, 7) is 8.07. The number of benzene rings is 2. The molecule has 0 saturated heterocycles.